The van der Waals surface area contributed by atoms with Crippen LogP contribution in [0.3, 0.4) is 0 Å². The average molecular weight is 383 g/mol. The molecule has 3 nitrogen and oxygen atoms in total. The van der Waals surface area contributed by atoms with Crippen LogP contribution >= 0.6 is 0 Å². The molecule has 0 unspecified atom stereocenters. The van der Waals surface area contributed by atoms with E-state index in [0.717, 1.165) is 34.7 Å². The molecule has 0 amide bonds. The molecule has 5 rings (SSSR count). The lowest BCUT2D eigenvalue weighted by atomic mass is 9.68. The van der Waals surface area contributed by atoms with Crippen LogP contribution in [0.2, 0.25) is 0 Å². The Labute approximate surface area is 171 Å². The van der Waals surface area contributed by atoms with Gasteiger partial charge >= 0.3 is 0 Å². The number of hydrogen-bond acceptors (Lipinski definition) is 3. The zero-order chi connectivity index (χ0) is 20.2. The normalized spacial score (nSPS) is 20.1. The highest BCUT2D eigenvalue weighted by atomic mass is 16.5. The first-order valence-corrected chi connectivity index (χ1v) is 10.2. The van der Waals surface area contributed by atoms with Gasteiger partial charge in [-0.3, -0.25) is 4.79 Å². The lowest BCUT2D eigenvalue weighted by Gasteiger charge is -2.40. The Hall–Kier alpha value is -3.07. The summed E-state index contributed by atoms with van der Waals surface area (Å²) in [5.41, 5.74) is 5.34. The largest absolute Gasteiger partial charge is 0.497 e. The second kappa shape index (κ2) is 6.48. The minimum absolute atomic E-state index is 0.0316. The molecule has 3 heteroatoms. The van der Waals surface area contributed by atoms with E-state index in [1.807, 2.05) is 12.1 Å². The topological polar surface area (TPSA) is 38.3 Å². The first-order valence-electron chi connectivity index (χ1n) is 10.2. The van der Waals surface area contributed by atoms with E-state index in [0.29, 0.717) is 6.42 Å². The van der Waals surface area contributed by atoms with Gasteiger partial charge in [0.2, 0.25) is 0 Å². The monoisotopic (exact) mass is 383 g/mol. The molecular weight excluding hydrogens is 358 g/mol. The third-order valence-corrected chi connectivity index (χ3v) is 6.18. The maximum Gasteiger partial charge on any atom is 0.162 e. The molecule has 29 heavy (non-hydrogen) atoms. The van der Waals surface area contributed by atoms with Crippen LogP contribution in [0.1, 0.15) is 43.7 Å². The number of anilines is 1. The maximum absolute atomic E-state index is 13.4. The van der Waals surface area contributed by atoms with Crippen molar-refractivity contribution in [3.8, 4) is 5.75 Å². The van der Waals surface area contributed by atoms with Gasteiger partial charge in [0.15, 0.2) is 5.78 Å². The maximum atomic E-state index is 13.4. The van der Waals surface area contributed by atoms with E-state index < -0.39 is 0 Å². The molecule has 0 bridgehead atoms. The summed E-state index contributed by atoms with van der Waals surface area (Å²) in [4.78, 5) is 13.4. The molecule has 3 aromatic carbocycles. The Morgan fingerprint density at radius 1 is 1.00 bits per heavy atom. The SMILES string of the molecule is COc1cccc([C@H]2C3=C(CC(C)(C)CC3=O)Nc3ccc4ccccc4c32)c1. The summed E-state index contributed by atoms with van der Waals surface area (Å²) in [6, 6.07) is 20.9. The van der Waals surface area contributed by atoms with E-state index in [1.165, 1.54) is 16.3 Å². The van der Waals surface area contributed by atoms with Gasteiger partial charge in [-0.25, -0.2) is 0 Å². The molecular formula is C26H25NO2. The number of benzene rings is 3. The van der Waals surface area contributed by atoms with Crippen molar-refractivity contribution in [3.63, 3.8) is 0 Å². The number of methoxy groups -OCH3 is 1. The fourth-order valence-corrected chi connectivity index (χ4v) is 4.96. The van der Waals surface area contributed by atoms with Gasteiger partial charge in [0.05, 0.1) is 7.11 Å². The van der Waals surface area contributed by atoms with Gasteiger partial charge in [-0.1, -0.05) is 56.3 Å². The van der Waals surface area contributed by atoms with Crippen LogP contribution < -0.4 is 10.1 Å². The van der Waals surface area contributed by atoms with Gasteiger partial charge < -0.3 is 10.1 Å². The molecule has 1 atom stereocenters. The van der Waals surface area contributed by atoms with Crippen molar-refractivity contribution in [2.75, 3.05) is 12.4 Å². The predicted octanol–water partition coefficient (Wildman–Crippen LogP) is 6.05. The minimum Gasteiger partial charge on any atom is -0.497 e. The quantitative estimate of drug-likeness (QED) is 0.585. The van der Waals surface area contributed by atoms with Crippen LogP contribution in [-0.4, -0.2) is 12.9 Å². The minimum atomic E-state index is -0.0916. The molecule has 0 aromatic heterocycles. The van der Waals surface area contributed by atoms with E-state index in [-0.39, 0.29) is 17.1 Å². The van der Waals surface area contributed by atoms with Gasteiger partial charge in [-0.05, 0) is 51.9 Å². The Kier molecular flexibility index (Phi) is 4.02. The highest BCUT2D eigenvalue weighted by Gasteiger charge is 2.41. The standard InChI is InChI=1S/C26H25NO2/c1-26(2)14-21-25(22(28)15-26)23(17-8-6-9-18(13-17)29-3)24-19-10-5-4-7-16(19)11-12-20(24)27-21/h4-13,23,27H,14-15H2,1-3H3/t23-/m1/s1. The number of ether oxygens (including phenoxy) is 1. The molecule has 1 aliphatic carbocycles. The van der Waals surface area contributed by atoms with Gasteiger partial charge in [-0.15, -0.1) is 0 Å². The zero-order valence-electron chi connectivity index (χ0n) is 17.1. The van der Waals surface area contributed by atoms with Crippen molar-refractivity contribution in [3.05, 3.63) is 83.1 Å². The molecule has 1 aliphatic heterocycles. The molecule has 0 spiro atoms. The lowest BCUT2D eigenvalue weighted by molar-refractivity contribution is -0.118. The Bertz CT molecular complexity index is 1170. The third-order valence-electron chi connectivity index (χ3n) is 6.18. The molecule has 0 saturated heterocycles. The van der Waals surface area contributed by atoms with E-state index in [9.17, 15) is 4.79 Å². The molecule has 146 valence electrons. The number of Topliss-reactive ketones (excluding diaryl/α,β-unsaturated/α-hetero) is 1. The van der Waals surface area contributed by atoms with Gasteiger partial charge in [0.1, 0.15) is 5.75 Å². The van der Waals surface area contributed by atoms with Crippen molar-refractivity contribution in [1.82, 2.24) is 0 Å². The number of allylic oxidation sites excluding steroid dienone is 2. The number of ketones is 1. The average Bonchev–Trinajstić information content (AvgIpc) is 2.71. The molecule has 3 aromatic rings. The Balaban J connectivity index is 1.81. The van der Waals surface area contributed by atoms with E-state index in [1.54, 1.807) is 7.11 Å². The van der Waals surface area contributed by atoms with Crippen LogP contribution in [0.5, 0.6) is 5.75 Å². The molecule has 2 aliphatic rings. The summed E-state index contributed by atoms with van der Waals surface area (Å²) in [5.74, 6) is 0.967. The second-order valence-corrected chi connectivity index (χ2v) is 8.92. The summed E-state index contributed by atoms with van der Waals surface area (Å²) < 4.78 is 5.50. The van der Waals surface area contributed by atoms with Crippen LogP contribution in [-0.2, 0) is 4.79 Å². The van der Waals surface area contributed by atoms with Gasteiger partial charge in [-0.2, -0.15) is 0 Å². The van der Waals surface area contributed by atoms with Crippen molar-refractivity contribution in [2.45, 2.75) is 32.6 Å². The van der Waals surface area contributed by atoms with Crippen molar-refractivity contribution in [1.29, 1.82) is 0 Å². The zero-order valence-corrected chi connectivity index (χ0v) is 17.1. The van der Waals surface area contributed by atoms with E-state index in [2.05, 4.69) is 67.7 Å². The van der Waals surface area contributed by atoms with Gasteiger partial charge in [0, 0.05) is 29.3 Å². The molecule has 0 fully saturated rings. The molecule has 1 N–H and O–H groups in total. The van der Waals surface area contributed by atoms with E-state index in [4.69, 9.17) is 4.74 Å². The summed E-state index contributed by atoms with van der Waals surface area (Å²) >= 11 is 0. The predicted molar refractivity (Wildman–Crippen MR) is 117 cm³/mol. The highest BCUT2D eigenvalue weighted by Crippen LogP contribution is 2.51. The first-order chi connectivity index (χ1) is 14.0. The fourth-order valence-electron chi connectivity index (χ4n) is 4.96. The summed E-state index contributed by atoms with van der Waals surface area (Å²) in [6.45, 7) is 4.35. The second-order valence-electron chi connectivity index (χ2n) is 8.92. The van der Waals surface area contributed by atoms with Crippen molar-refractivity contribution < 1.29 is 9.53 Å². The van der Waals surface area contributed by atoms with Crippen LogP contribution in [0.25, 0.3) is 10.8 Å². The highest BCUT2D eigenvalue weighted by molar-refractivity contribution is 6.04. The van der Waals surface area contributed by atoms with Crippen molar-refractivity contribution >= 4 is 22.2 Å². The Morgan fingerprint density at radius 2 is 1.83 bits per heavy atom. The smallest absolute Gasteiger partial charge is 0.162 e. The van der Waals surface area contributed by atoms with Crippen LogP contribution in [0.4, 0.5) is 5.69 Å². The number of nitrogens with one attached hydrogen (secondary N) is 1. The lowest BCUT2D eigenvalue weighted by Crippen LogP contribution is -2.33. The summed E-state index contributed by atoms with van der Waals surface area (Å²) in [7, 11) is 1.68. The summed E-state index contributed by atoms with van der Waals surface area (Å²) in [6.07, 6.45) is 1.45. The first kappa shape index (κ1) is 18.0. The number of carbonyl (C=O) groups is 1. The number of carbonyl (C=O) groups excluding carboxylic acids is 1. The van der Waals surface area contributed by atoms with E-state index >= 15 is 0 Å². The summed E-state index contributed by atoms with van der Waals surface area (Å²) in [5, 5.41) is 6.01. The molecule has 0 radical (unpaired) electrons. The van der Waals surface area contributed by atoms with Crippen LogP contribution in [0, 0.1) is 5.41 Å². The fraction of sp³-hybridized carbons (Fsp3) is 0.269. The molecule has 1 heterocycles. The number of hydrogen-bond donors (Lipinski definition) is 1. The molecule has 0 saturated carbocycles. The Morgan fingerprint density at radius 3 is 2.66 bits per heavy atom. The van der Waals surface area contributed by atoms with Crippen molar-refractivity contribution in [2.24, 2.45) is 5.41 Å². The number of rotatable bonds is 2. The van der Waals surface area contributed by atoms with Crippen LogP contribution in [0.15, 0.2) is 71.9 Å². The third kappa shape index (κ3) is 2.93. The van der Waals surface area contributed by atoms with Gasteiger partial charge in [0.25, 0.3) is 0 Å². The number of fused-ring (bicyclic) bond motifs is 3.